The largest absolute Gasteiger partial charge is 0.399 e. The highest BCUT2D eigenvalue weighted by Gasteiger charge is 2.22. The molecule has 0 aromatic heterocycles. The first-order valence-electron chi connectivity index (χ1n) is 7.13. The Hall–Kier alpha value is -2.08. The monoisotopic (exact) mass is 290 g/mol. The first kappa shape index (κ1) is 15.3. The van der Waals surface area contributed by atoms with Crippen molar-refractivity contribution in [1.29, 1.82) is 0 Å². The number of primary amides is 1. The molecule has 0 unspecified atom stereocenters. The maximum Gasteiger partial charge on any atom is 0.251 e. The predicted octanol–water partition coefficient (Wildman–Crippen LogP) is 0.257. The van der Waals surface area contributed by atoms with E-state index < -0.39 is 0 Å². The van der Waals surface area contributed by atoms with Gasteiger partial charge in [-0.15, -0.1) is 0 Å². The average Bonchev–Trinajstić information content (AvgIpc) is 2.43. The lowest BCUT2D eigenvalue weighted by Crippen LogP contribution is -2.46. The van der Waals surface area contributed by atoms with Crippen molar-refractivity contribution in [3.05, 3.63) is 29.3 Å². The van der Waals surface area contributed by atoms with Gasteiger partial charge in [-0.25, -0.2) is 0 Å². The summed E-state index contributed by atoms with van der Waals surface area (Å²) in [6.07, 6.45) is 1.64. The first-order valence-corrected chi connectivity index (χ1v) is 7.13. The number of nitrogen functional groups attached to an aromatic ring is 1. The molecule has 1 aromatic rings. The minimum Gasteiger partial charge on any atom is -0.399 e. The van der Waals surface area contributed by atoms with Crippen LogP contribution in [0.1, 0.15) is 28.8 Å². The molecule has 1 heterocycles. The highest BCUT2D eigenvalue weighted by molar-refractivity contribution is 5.96. The van der Waals surface area contributed by atoms with Gasteiger partial charge in [-0.3, -0.25) is 14.5 Å². The van der Waals surface area contributed by atoms with Crippen molar-refractivity contribution >= 4 is 17.5 Å². The molecular weight excluding hydrogens is 268 g/mol. The summed E-state index contributed by atoms with van der Waals surface area (Å²) in [4.78, 5) is 25.2. The smallest absolute Gasteiger partial charge is 0.251 e. The van der Waals surface area contributed by atoms with Gasteiger partial charge in [0.1, 0.15) is 0 Å². The van der Waals surface area contributed by atoms with E-state index in [0.717, 1.165) is 31.5 Å². The van der Waals surface area contributed by atoms with Crippen LogP contribution in [0.5, 0.6) is 0 Å². The van der Waals surface area contributed by atoms with Gasteiger partial charge in [0.05, 0.1) is 6.54 Å². The number of anilines is 1. The van der Waals surface area contributed by atoms with Crippen molar-refractivity contribution in [2.45, 2.75) is 25.8 Å². The minimum atomic E-state index is -0.312. The van der Waals surface area contributed by atoms with E-state index in [2.05, 4.69) is 5.32 Å². The lowest BCUT2D eigenvalue weighted by Gasteiger charge is -2.31. The molecule has 1 fully saturated rings. The van der Waals surface area contributed by atoms with Crippen molar-refractivity contribution in [2.75, 3.05) is 25.4 Å². The first-order chi connectivity index (χ1) is 9.95. The van der Waals surface area contributed by atoms with Gasteiger partial charge in [-0.1, -0.05) is 6.07 Å². The van der Waals surface area contributed by atoms with Crippen LogP contribution in [0.2, 0.25) is 0 Å². The summed E-state index contributed by atoms with van der Waals surface area (Å²) in [5, 5.41) is 3.04. The van der Waals surface area contributed by atoms with Crippen LogP contribution in [0.4, 0.5) is 5.69 Å². The molecule has 21 heavy (non-hydrogen) atoms. The SMILES string of the molecule is Cc1ccc(N)cc1C(=O)NC1CCN(CC(N)=O)CC1. The van der Waals surface area contributed by atoms with Crippen LogP contribution >= 0.6 is 0 Å². The number of nitrogens with one attached hydrogen (secondary N) is 1. The second-order valence-corrected chi connectivity index (χ2v) is 5.56. The normalized spacial score (nSPS) is 16.6. The number of carbonyl (C=O) groups excluding carboxylic acids is 2. The van der Waals surface area contributed by atoms with Crippen molar-refractivity contribution in [1.82, 2.24) is 10.2 Å². The summed E-state index contributed by atoms with van der Waals surface area (Å²) in [7, 11) is 0. The zero-order valence-electron chi connectivity index (χ0n) is 12.3. The third-order valence-electron chi connectivity index (χ3n) is 3.81. The number of piperidine rings is 1. The van der Waals surface area contributed by atoms with Crippen LogP contribution < -0.4 is 16.8 Å². The van der Waals surface area contributed by atoms with Crippen LogP contribution in [0, 0.1) is 6.92 Å². The molecule has 0 aliphatic carbocycles. The van der Waals surface area contributed by atoms with Gasteiger partial charge < -0.3 is 16.8 Å². The van der Waals surface area contributed by atoms with Crippen LogP contribution in [0.3, 0.4) is 0 Å². The number of rotatable bonds is 4. The average molecular weight is 290 g/mol. The van der Waals surface area contributed by atoms with Gasteiger partial charge in [-0.05, 0) is 37.5 Å². The number of amides is 2. The highest BCUT2D eigenvalue weighted by atomic mass is 16.2. The van der Waals surface area contributed by atoms with Crippen molar-refractivity contribution < 1.29 is 9.59 Å². The number of carbonyl (C=O) groups is 2. The van der Waals surface area contributed by atoms with E-state index >= 15 is 0 Å². The molecule has 2 rings (SSSR count). The van der Waals surface area contributed by atoms with Crippen molar-refractivity contribution in [3.8, 4) is 0 Å². The van der Waals surface area contributed by atoms with E-state index in [0.29, 0.717) is 11.3 Å². The Bertz CT molecular complexity index is 536. The molecule has 0 spiro atoms. The Morgan fingerprint density at radius 3 is 2.62 bits per heavy atom. The molecule has 2 amide bonds. The molecule has 5 N–H and O–H groups in total. The molecule has 1 aromatic carbocycles. The van der Waals surface area contributed by atoms with E-state index in [1.54, 1.807) is 12.1 Å². The van der Waals surface area contributed by atoms with E-state index in [-0.39, 0.29) is 24.4 Å². The molecule has 0 atom stereocenters. The Morgan fingerprint density at radius 1 is 1.33 bits per heavy atom. The molecule has 6 nitrogen and oxygen atoms in total. The lowest BCUT2D eigenvalue weighted by atomic mass is 10.0. The highest BCUT2D eigenvalue weighted by Crippen LogP contribution is 2.15. The van der Waals surface area contributed by atoms with Gasteiger partial charge in [0.2, 0.25) is 5.91 Å². The molecule has 1 aliphatic rings. The number of nitrogens with two attached hydrogens (primary N) is 2. The Balaban J connectivity index is 1.90. The third-order valence-corrected chi connectivity index (χ3v) is 3.81. The quantitative estimate of drug-likeness (QED) is 0.692. The molecule has 0 saturated carbocycles. The van der Waals surface area contributed by atoms with Crippen LogP contribution in [-0.4, -0.2) is 42.4 Å². The molecular formula is C15H22N4O2. The fourth-order valence-electron chi connectivity index (χ4n) is 2.60. The van der Waals surface area contributed by atoms with Crippen LogP contribution in [0.25, 0.3) is 0 Å². The van der Waals surface area contributed by atoms with Crippen molar-refractivity contribution in [2.24, 2.45) is 5.73 Å². The van der Waals surface area contributed by atoms with Gasteiger partial charge in [-0.2, -0.15) is 0 Å². The maximum absolute atomic E-state index is 12.3. The second-order valence-electron chi connectivity index (χ2n) is 5.56. The number of hydrogen-bond donors (Lipinski definition) is 3. The molecule has 6 heteroatoms. The second kappa shape index (κ2) is 6.58. The standard InChI is InChI=1S/C15H22N4O2/c1-10-2-3-11(16)8-13(10)15(21)18-12-4-6-19(7-5-12)9-14(17)20/h2-3,8,12H,4-7,9,16H2,1H3,(H2,17,20)(H,18,21). The Morgan fingerprint density at radius 2 is 2.00 bits per heavy atom. The van der Waals surface area contributed by atoms with Crippen molar-refractivity contribution in [3.63, 3.8) is 0 Å². The molecule has 1 saturated heterocycles. The van der Waals surface area contributed by atoms with E-state index in [9.17, 15) is 9.59 Å². The zero-order chi connectivity index (χ0) is 15.4. The number of likely N-dealkylation sites (tertiary alicyclic amines) is 1. The molecule has 0 bridgehead atoms. The summed E-state index contributed by atoms with van der Waals surface area (Å²) in [5.74, 6) is -0.402. The molecule has 114 valence electrons. The maximum atomic E-state index is 12.3. The van der Waals surface area contributed by atoms with Gasteiger partial charge in [0.25, 0.3) is 5.91 Å². The Kier molecular flexibility index (Phi) is 4.80. The molecule has 1 aliphatic heterocycles. The van der Waals surface area contributed by atoms with E-state index in [1.807, 2.05) is 17.9 Å². The van der Waals surface area contributed by atoms with Gasteiger partial charge in [0, 0.05) is 30.4 Å². The third kappa shape index (κ3) is 4.19. The Labute approximate surface area is 124 Å². The fourth-order valence-corrected chi connectivity index (χ4v) is 2.60. The van der Waals surface area contributed by atoms with Crippen LogP contribution in [0.15, 0.2) is 18.2 Å². The van der Waals surface area contributed by atoms with Gasteiger partial charge >= 0.3 is 0 Å². The summed E-state index contributed by atoms with van der Waals surface area (Å²) < 4.78 is 0. The van der Waals surface area contributed by atoms with Crippen LogP contribution in [-0.2, 0) is 4.79 Å². The zero-order valence-corrected chi connectivity index (χ0v) is 12.3. The fraction of sp³-hybridized carbons (Fsp3) is 0.467. The topological polar surface area (TPSA) is 101 Å². The van der Waals surface area contributed by atoms with Gasteiger partial charge in [0.15, 0.2) is 0 Å². The number of benzene rings is 1. The number of aryl methyl sites for hydroxylation is 1. The number of hydrogen-bond acceptors (Lipinski definition) is 4. The summed E-state index contributed by atoms with van der Waals surface area (Å²) in [6, 6.07) is 5.46. The summed E-state index contributed by atoms with van der Waals surface area (Å²) >= 11 is 0. The van der Waals surface area contributed by atoms with E-state index in [1.165, 1.54) is 0 Å². The minimum absolute atomic E-state index is 0.0897. The van der Waals surface area contributed by atoms with E-state index in [4.69, 9.17) is 11.5 Å². The summed E-state index contributed by atoms with van der Waals surface area (Å²) in [6.45, 7) is 3.71. The number of nitrogens with zero attached hydrogens (tertiary/aromatic N) is 1. The lowest BCUT2D eigenvalue weighted by molar-refractivity contribution is -0.119. The predicted molar refractivity (Wildman–Crippen MR) is 81.7 cm³/mol. The summed E-state index contributed by atoms with van der Waals surface area (Å²) in [5.41, 5.74) is 13.0. The molecule has 0 radical (unpaired) electrons.